The van der Waals surface area contributed by atoms with Gasteiger partial charge in [-0.15, -0.1) is 0 Å². The molecule has 0 amide bonds. The first-order valence-electron chi connectivity index (χ1n) is 6.83. The molecule has 0 fully saturated rings. The van der Waals surface area contributed by atoms with Gasteiger partial charge in [-0.05, 0) is 17.4 Å². The third-order valence-electron chi connectivity index (χ3n) is 3.43. The van der Waals surface area contributed by atoms with Gasteiger partial charge in [0, 0.05) is 12.7 Å². The molecule has 0 atom stereocenters. The van der Waals surface area contributed by atoms with Crippen molar-refractivity contribution >= 4 is 0 Å². The Morgan fingerprint density at radius 1 is 1.29 bits per heavy atom. The van der Waals surface area contributed by atoms with E-state index < -0.39 is 0 Å². The first kappa shape index (κ1) is 14.2. The summed E-state index contributed by atoms with van der Waals surface area (Å²) in [7, 11) is 0. The lowest BCUT2D eigenvalue weighted by molar-refractivity contribution is 0.445. The van der Waals surface area contributed by atoms with Gasteiger partial charge in [-0.25, -0.2) is 0 Å². The largest absolute Gasteiger partial charge is 0.329 e. The van der Waals surface area contributed by atoms with Gasteiger partial charge in [-0.1, -0.05) is 46.5 Å². The van der Waals surface area contributed by atoms with Crippen LogP contribution in [-0.4, -0.2) is 16.3 Å². The summed E-state index contributed by atoms with van der Waals surface area (Å²) in [5.74, 6) is 0. The molecule has 0 aromatic carbocycles. The fourth-order valence-electron chi connectivity index (χ4n) is 2.11. The molecular weight excluding hydrogens is 210 g/mol. The molecule has 0 spiro atoms. The topological polar surface area (TPSA) is 43.8 Å². The Balaban J connectivity index is 2.49. The van der Waals surface area contributed by atoms with E-state index in [-0.39, 0.29) is 5.41 Å². The zero-order valence-corrected chi connectivity index (χ0v) is 11.6. The summed E-state index contributed by atoms with van der Waals surface area (Å²) in [5, 5.41) is 4.35. The van der Waals surface area contributed by atoms with Crippen molar-refractivity contribution in [1.29, 1.82) is 0 Å². The first-order chi connectivity index (χ1) is 8.10. The van der Waals surface area contributed by atoms with E-state index in [2.05, 4.69) is 32.1 Å². The van der Waals surface area contributed by atoms with Crippen LogP contribution in [-0.2, 0) is 12.0 Å². The average Bonchev–Trinajstić information content (AvgIpc) is 2.74. The highest BCUT2D eigenvalue weighted by atomic mass is 15.3. The highest BCUT2D eigenvalue weighted by molar-refractivity contribution is 5.16. The molecule has 98 valence electrons. The van der Waals surface area contributed by atoms with E-state index in [0.717, 1.165) is 6.54 Å². The maximum atomic E-state index is 5.53. The van der Waals surface area contributed by atoms with E-state index in [1.165, 1.54) is 37.7 Å². The smallest absolute Gasteiger partial charge is 0.0531 e. The Morgan fingerprint density at radius 2 is 2.06 bits per heavy atom. The van der Waals surface area contributed by atoms with Crippen molar-refractivity contribution in [2.75, 3.05) is 6.54 Å². The van der Waals surface area contributed by atoms with E-state index in [4.69, 9.17) is 5.73 Å². The van der Waals surface area contributed by atoms with Crippen molar-refractivity contribution in [2.24, 2.45) is 5.73 Å². The number of nitrogens with zero attached hydrogens (tertiary/aromatic N) is 2. The molecule has 2 N–H and O–H groups in total. The molecule has 0 aliphatic heterocycles. The zero-order chi connectivity index (χ0) is 12.7. The summed E-state index contributed by atoms with van der Waals surface area (Å²) < 4.78 is 1.95. The van der Waals surface area contributed by atoms with E-state index in [1.807, 2.05) is 10.9 Å². The van der Waals surface area contributed by atoms with Crippen LogP contribution in [0.5, 0.6) is 0 Å². The van der Waals surface area contributed by atoms with Gasteiger partial charge in [0.2, 0.25) is 0 Å². The van der Waals surface area contributed by atoms with E-state index in [1.54, 1.807) is 0 Å². The van der Waals surface area contributed by atoms with Gasteiger partial charge < -0.3 is 5.73 Å². The van der Waals surface area contributed by atoms with Gasteiger partial charge in [-0.2, -0.15) is 5.10 Å². The molecule has 1 rings (SSSR count). The lowest BCUT2D eigenvalue weighted by Gasteiger charge is -2.23. The van der Waals surface area contributed by atoms with Gasteiger partial charge in [0.1, 0.15) is 0 Å². The van der Waals surface area contributed by atoms with Gasteiger partial charge in [0.15, 0.2) is 0 Å². The predicted molar refractivity (Wildman–Crippen MR) is 73.1 cm³/mol. The SMILES string of the molecule is CCCCCCC(C)(C)c1cnn(CCN)c1. The van der Waals surface area contributed by atoms with Crippen LogP contribution in [0.25, 0.3) is 0 Å². The molecule has 0 aliphatic carbocycles. The van der Waals surface area contributed by atoms with Crippen molar-refractivity contribution in [2.45, 2.75) is 64.8 Å². The molecule has 3 nitrogen and oxygen atoms in total. The second kappa shape index (κ2) is 6.80. The second-order valence-electron chi connectivity index (χ2n) is 5.48. The third kappa shape index (κ3) is 4.50. The molecule has 1 aromatic rings. The molecular formula is C14H27N3. The molecule has 0 unspecified atom stereocenters. The van der Waals surface area contributed by atoms with Crippen LogP contribution in [0.2, 0.25) is 0 Å². The Bertz CT molecular complexity index is 315. The molecule has 1 aromatic heterocycles. The number of unbranched alkanes of at least 4 members (excludes halogenated alkanes) is 3. The highest BCUT2D eigenvalue weighted by Gasteiger charge is 2.21. The minimum atomic E-state index is 0.237. The van der Waals surface area contributed by atoms with Crippen LogP contribution in [0.4, 0.5) is 0 Å². The quantitative estimate of drug-likeness (QED) is 0.706. The molecule has 0 saturated heterocycles. The summed E-state index contributed by atoms with van der Waals surface area (Å²) >= 11 is 0. The van der Waals surface area contributed by atoms with Gasteiger partial charge in [0.25, 0.3) is 0 Å². The molecule has 0 bridgehead atoms. The van der Waals surface area contributed by atoms with Crippen LogP contribution in [0.1, 0.15) is 58.4 Å². The minimum absolute atomic E-state index is 0.237. The van der Waals surface area contributed by atoms with Crippen LogP contribution in [0.3, 0.4) is 0 Å². The Kier molecular flexibility index (Phi) is 5.69. The molecule has 0 saturated carbocycles. The summed E-state index contributed by atoms with van der Waals surface area (Å²) in [6, 6.07) is 0. The van der Waals surface area contributed by atoms with Crippen LogP contribution < -0.4 is 5.73 Å². The fraction of sp³-hybridized carbons (Fsp3) is 0.786. The van der Waals surface area contributed by atoms with E-state index >= 15 is 0 Å². The number of hydrogen-bond donors (Lipinski definition) is 1. The van der Waals surface area contributed by atoms with Crippen molar-refractivity contribution in [3.8, 4) is 0 Å². The maximum Gasteiger partial charge on any atom is 0.0531 e. The van der Waals surface area contributed by atoms with Crippen molar-refractivity contribution < 1.29 is 0 Å². The average molecular weight is 237 g/mol. The Labute approximate surface area is 105 Å². The maximum absolute atomic E-state index is 5.53. The third-order valence-corrected chi connectivity index (χ3v) is 3.43. The number of rotatable bonds is 8. The summed E-state index contributed by atoms with van der Waals surface area (Å²) in [5.41, 5.74) is 7.10. The van der Waals surface area contributed by atoms with Crippen molar-refractivity contribution in [1.82, 2.24) is 9.78 Å². The van der Waals surface area contributed by atoms with Crippen LogP contribution in [0.15, 0.2) is 12.4 Å². The van der Waals surface area contributed by atoms with Crippen molar-refractivity contribution in [3.05, 3.63) is 18.0 Å². The van der Waals surface area contributed by atoms with E-state index in [9.17, 15) is 0 Å². The minimum Gasteiger partial charge on any atom is -0.329 e. The van der Waals surface area contributed by atoms with Crippen molar-refractivity contribution in [3.63, 3.8) is 0 Å². The van der Waals surface area contributed by atoms with Gasteiger partial charge in [-0.3, -0.25) is 4.68 Å². The van der Waals surface area contributed by atoms with E-state index in [0.29, 0.717) is 6.54 Å². The molecule has 0 aliphatic rings. The Hall–Kier alpha value is -0.830. The van der Waals surface area contributed by atoms with Crippen LogP contribution >= 0.6 is 0 Å². The normalized spacial score (nSPS) is 12.0. The lowest BCUT2D eigenvalue weighted by atomic mass is 9.81. The predicted octanol–water partition coefficient (Wildman–Crippen LogP) is 3.09. The molecule has 1 heterocycles. The van der Waals surface area contributed by atoms with Gasteiger partial charge in [0.05, 0.1) is 12.7 Å². The summed E-state index contributed by atoms with van der Waals surface area (Å²) in [4.78, 5) is 0. The standard InChI is InChI=1S/C14H27N3/c1-4-5-6-7-8-14(2,3)13-11-16-17(12-13)10-9-15/h11-12H,4-10,15H2,1-3H3. The number of hydrogen-bond acceptors (Lipinski definition) is 2. The Morgan fingerprint density at radius 3 is 2.71 bits per heavy atom. The summed E-state index contributed by atoms with van der Waals surface area (Å²) in [6.45, 7) is 8.33. The first-order valence-corrected chi connectivity index (χ1v) is 6.83. The van der Waals surface area contributed by atoms with Crippen LogP contribution in [0, 0.1) is 0 Å². The second-order valence-corrected chi connectivity index (χ2v) is 5.48. The zero-order valence-electron chi connectivity index (χ0n) is 11.6. The summed E-state index contributed by atoms with van der Waals surface area (Å²) in [6.07, 6.45) is 10.7. The number of nitrogens with two attached hydrogens (primary N) is 1. The highest BCUT2D eigenvalue weighted by Crippen LogP contribution is 2.28. The molecule has 17 heavy (non-hydrogen) atoms. The molecule has 0 radical (unpaired) electrons. The van der Waals surface area contributed by atoms with Gasteiger partial charge >= 0.3 is 0 Å². The number of aromatic nitrogens is 2. The monoisotopic (exact) mass is 237 g/mol. The lowest BCUT2D eigenvalue weighted by Crippen LogP contribution is -2.16. The molecule has 3 heteroatoms. The fourth-order valence-corrected chi connectivity index (χ4v) is 2.11.